The van der Waals surface area contributed by atoms with Gasteiger partial charge in [-0.3, -0.25) is 14.5 Å². The van der Waals surface area contributed by atoms with Gasteiger partial charge in [-0.25, -0.2) is 0 Å². The minimum atomic E-state index is -0.802. The summed E-state index contributed by atoms with van der Waals surface area (Å²) in [6, 6.07) is 6.49. The molecular formula is C19H25N3O3. The first kappa shape index (κ1) is 17.5. The summed E-state index contributed by atoms with van der Waals surface area (Å²) in [4.78, 5) is 28.4. The Hall–Kier alpha value is -2.34. The highest BCUT2D eigenvalue weighted by Gasteiger charge is 2.34. The van der Waals surface area contributed by atoms with E-state index >= 15 is 0 Å². The van der Waals surface area contributed by atoms with E-state index in [2.05, 4.69) is 10.3 Å². The molecule has 1 amide bonds. The Labute approximate surface area is 147 Å². The molecule has 25 heavy (non-hydrogen) atoms. The van der Waals surface area contributed by atoms with Crippen molar-refractivity contribution in [1.82, 2.24) is 15.2 Å². The van der Waals surface area contributed by atoms with Crippen LogP contribution in [0, 0.1) is 6.92 Å². The monoisotopic (exact) mass is 343 g/mol. The fourth-order valence-electron chi connectivity index (χ4n) is 3.64. The van der Waals surface area contributed by atoms with E-state index in [0.29, 0.717) is 13.0 Å². The Kier molecular flexibility index (Phi) is 5.08. The Morgan fingerprint density at radius 1 is 1.36 bits per heavy atom. The summed E-state index contributed by atoms with van der Waals surface area (Å²) in [6.45, 7) is 4.80. The van der Waals surface area contributed by atoms with E-state index in [1.165, 1.54) is 5.56 Å². The number of aromatic amines is 1. The van der Waals surface area contributed by atoms with Crippen LogP contribution in [0.4, 0.5) is 0 Å². The fourth-order valence-corrected chi connectivity index (χ4v) is 3.64. The maximum absolute atomic E-state index is 12.3. The van der Waals surface area contributed by atoms with Crippen LogP contribution in [-0.2, 0) is 16.0 Å². The molecule has 3 rings (SSSR count). The van der Waals surface area contributed by atoms with Gasteiger partial charge in [-0.05, 0) is 37.4 Å². The second-order valence-corrected chi connectivity index (χ2v) is 6.83. The lowest BCUT2D eigenvalue weighted by molar-refractivity contribution is -0.139. The smallest absolute Gasteiger partial charge is 0.317 e. The van der Waals surface area contributed by atoms with E-state index < -0.39 is 5.97 Å². The van der Waals surface area contributed by atoms with Gasteiger partial charge >= 0.3 is 5.97 Å². The van der Waals surface area contributed by atoms with Gasteiger partial charge in [-0.1, -0.05) is 25.1 Å². The molecular weight excluding hydrogens is 318 g/mol. The molecule has 0 atom stereocenters. The van der Waals surface area contributed by atoms with Crippen LogP contribution in [0.15, 0.2) is 24.4 Å². The Morgan fingerprint density at radius 3 is 2.80 bits per heavy atom. The zero-order chi connectivity index (χ0) is 18.0. The van der Waals surface area contributed by atoms with Gasteiger partial charge < -0.3 is 15.4 Å². The molecule has 2 aromatic rings. The second kappa shape index (κ2) is 7.27. The van der Waals surface area contributed by atoms with Crippen LogP contribution in [0.2, 0.25) is 0 Å². The predicted octanol–water partition coefficient (Wildman–Crippen LogP) is 2.07. The first-order chi connectivity index (χ1) is 12.0. The predicted molar refractivity (Wildman–Crippen MR) is 96.6 cm³/mol. The average molecular weight is 343 g/mol. The molecule has 1 saturated carbocycles. The standard InChI is InChI=1S/C19H25N3O3/c1-3-22(11-18(24)25)15-8-14(9-15)21-17(23)7-13-10-20-19-12(2)5-4-6-16(13)19/h4-6,10,14-15,20H,3,7-9,11H2,1-2H3,(H,21,23)(H,24,25). The summed E-state index contributed by atoms with van der Waals surface area (Å²) in [6.07, 6.45) is 3.91. The van der Waals surface area contributed by atoms with E-state index in [9.17, 15) is 9.59 Å². The maximum atomic E-state index is 12.3. The number of H-pyrrole nitrogens is 1. The number of carbonyl (C=O) groups excluding carboxylic acids is 1. The molecule has 6 heteroatoms. The molecule has 0 bridgehead atoms. The summed E-state index contributed by atoms with van der Waals surface area (Å²) >= 11 is 0. The van der Waals surface area contributed by atoms with Crippen LogP contribution in [0.1, 0.15) is 30.9 Å². The van der Waals surface area contributed by atoms with Gasteiger partial charge in [0.15, 0.2) is 0 Å². The van der Waals surface area contributed by atoms with Gasteiger partial charge in [0.2, 0.25) is 5.91 Å². The lowest BCUT2D eigenvalue weighted by Gasteiger charge is -2.42. The van der Waals surface area contributed by atoms with Crippen molar-refractivity contribution in [2.45, 2.75) is 45.2 Å². The van der Waals surface area contributed by atoms with Crippen molar-refractivity contribution in [1.29, 1.82) is 0 Å². The minimum Gasteiger partial charge on any atom is -0.480 e. The number of likely N-dealkylation sites (N-methyl/N-ethyl adjacent to an activating group) is 1. The van der Waals surface area contributed by atoms with Crippen molar-refractivity contribution in [3.63, 3.8) is 0 Å². The SMILES string of the molecule is CCN(CC(=O)O)C1CC(NC(=O)Cc2c[nH]c3c(C)cccc23)C1. The fraction of sp³-hybridized carbons (Fsp3) is 0.474. The number of fused-ring (bicyclic) bond motifs is 1. The van der Waals surface area contributed by atoms with E-state index in [1.807, 2.05) is 43.1 Å². The topological polar surface area (TPSA) is 85.4 Å². The summed E-state index contributed by atoms with van der Waals surface area (Å²) in [5.41, 5.74) is 3.26. The van der Waals surface area contributed by atoms with Crippen LogP contribution in [-0.4, -0.2) is 52.0 Å². The molecule has 0 aliphatic heterocycles. The molecule has 0 spiro atoms. The van der Waals surface area contributed by atoms with E-state index in [-0.39, 0.29) is 24.5 Å². The van der Waals surface area contributed by atoms with Crippen molar-refractivity contribution >= 4 is 22.8 Å². The van der Waals surface area contributed by atoms with Gasteiger partial charge in [0.25, 0.3) is 0 Å². The number of amides is 1. The molecule has 0 radical (unpaired) electrons. The summed E-state index contributed by atoms with van der Waals surface area (Å²) in [5, 5.41) is 13.1. The number of carboxylic acids is 1. The van der Waals surface area contributed by atoms with Crippen LogP contribution < -0.4 is 5.32 Å². The summed E-state index contributed by atoms with van der Waals surface area (Å²) in [7, 11) is 0. The Morgan fingerprint density at radius 2 is 2.12 bits per heavy atom. The quantitative estimate of drug-likeness (QED) is 0.718. The van der Waals surface area contributed by atoms with Crippen molar-refractivity contribution in [3.8, 4) is 0 Å². The van der Waals surface area contributed by atoms with Gasteiger partial charge in [-0.2, -0.15) is 0 Å². The van der Waals surface area contributed by atoms with Gasteiger partial charge in [0.05, 0.1) is 13.0 Å². The molecule has 0 unspecified atom stereocenters. The second-order valence-electron chi connectivity index (χ2n) is 6.83. The lowest BCUT2D eigenvalue weighted by Crippen LogP contribution is -2.55. The van der Waals surface area contributed by atoms with Crippen molar-refractivity contribution in [2.75, 3.05) is 13.1 Å². The number of rotatable bonds is 7. The normalized spacial score (nSPS) is 19.8. The molecule has 3 N–H and O–H groups in total. The lowest BCUT2D eigenvalue weighted by atomic mass is 9.85. The Bertz CT molecular complexity index is 777. The van der Waals surface area contributed by atoms with Crippen LogP contribution in [0.3, 0.4) is 0 Å². The van der Waals surface area contributed by atoms with E-state index in [1.54, 1.807) is 0 Å². The highest BCUT2D eigenvalue weighted by molar-refractivity contribution is 5.90. The number of aromatic nitrogens is 1. The number of nitrogens with one attached hydrogen (secondary N) is 2. The summed E-state index contributed by atoms with van der Waals surface area (Å²) in [5.74, 6) is -0.781. The molecule has 1 fully saturated rings. The Balaban J connectivity index is 1.52. The molecule has 1 aliphatic rings. The first-order valence-electron chi connectivity index (χ1n) is 8.78. The zero-order valence-electron chi connectivity index (χ0n) is 14.7. The number of para-hydroxylation sites is 1. The highest BCUT2D eigenvalue weighted by Crippen LogP contribution is 2.26. The number of aryl methyl sites for hydroxylation is 1. The van der Waals surface area contributed by atoms with Crippen LogP contribution in [0.5, 0.6) is 0 Å². The molecule has 1 aliphatic carbocycles. The number of carbonyl (C=O) groups is 2. The molecule has 1 aromatic carbocycles. The number of hydrogen-bond donors (Lipinski definition) is 3. The zero-order valence-corrected chi connectivity index (χ0v) is 14.7. The first-order valence-corrected chi connectivity index (χ1v) is 8.78. The third-order valence-corrected chi connectivity index (χ3v) is 5.10. The van der Waals surface area contributed by atoms with Crippen molar-refractivity contribution < 1.29 is 14.7 Å². The van der Waals surface area contributed by atoms with Gasteiger partial charge in [0, 0.05) is 29.2 Å². The number of nitrogens with zero attached hydrogens (tertiary/aromatic N) is 1. The molecule has 134 valence electrons. The number of hydrogen-bond acceptors (Lipinski definition) is 3. The highest BCUT2D eigenvalue weighted by atomic mass is 16.4. The third-order valence-electron chi connectivity index (χ3n) is 5.10. The third kappa shape index (κ3) is 3.85. The largest absolute Gasteiger partial charge is 0.480 e. The van der Waals surface area contributed by atoms with Crippen LogP contribution >= 0.6 is 0 Å². The number of aliphatic carboxylic acids is 1. The average Bonchev–Trinajstić information content (AvgIpc) is 2.93. The van der Waals surface area contributed by atoms with Crippen LogP contribution in [0.25, 0.3) is 10.9 Å². The minimum absolute atomic E-state index is 0.0205. The summed E-state index contributed by atoms with van der Waals surface area (Å²) < 4.78 is 0. The molecule has 1 aromatic heterocycles. The number of carboxylic acid groups (broad SMARTS) is 1. The van der Waals surface area contributed by atoms with Crippen molar-refractivity contribution in [2.24, 2.45) is 0 Å². The molecule has 0 saturated heterocycles. The maximum Gasteiger partial charge on any atom is 0.317 e. The van der Waals surface area contributed by atoms with E-state index in [0.717, 1.165) is 29.3 Å². The van der Waals surface area contributed by atoms with E-state index in [4.69, 9.17) is 5.11 Å². The van der Waals surface area contributed by atoms with Crippen molar-refractivity contribution in [3.05, 3.63) is 35.5 Å². The molecule has 6 nitrogen and oxygen atoms in total. The molecule has 1 heterocycles. The van der Waals surface area contributed by atoms with Gasteiger partial charge in [-0.15, -0.1) is 0 Å². The van der Waals surface area contributed by atoms with Gasteiger partial charge in [0.1, 0.15) is 0 Å². The number of benzene rings is 1.